The molecule has 9 heteroatoms. The Labute approximate surface area is 123 Å². The van der Waals surface area contributed by atoms with Crippen LogP contribution in [-0.2, 0) is 21.5 Å². The maximum Gasteiger partial charge on any atom is 0.306 e. The van der Waals surface area contributed by atoms with Crippen molar-refractivity contribution in [1.29, 1.82) is 0 Å². The zero-order chi connectivity index (χ0) is 15.5. The molecule has 116 valence electrons. The molecule has 1 saturated heterocycles. The molecule has 0 aromatic carbocycles. The summed E-state index contributed by atoms with van der Waals surface area (Å²) >= 11 is 0. The fourth-order valence-electron chi connectivity index (χ4n) is 2.20. The van der Waals surface area contributed by atoms with Crippen molar-refractivity contribution >= 4 is 16.2 Å². The number of aliphatic carboxylic acids is 1. The van der Waals surface area contributed by atoms with Gasteiger partial charge >= 0.3 is 5.97 Å². The largest absolute Gasteiger partial charge is 0.481 e. The second kappa shape index (κ2) is 6.46. The van der Waals surface area contributed by atoms with Gasteiger partial charge in [0.15, 0.2) is 0 Å². The van der Waals surface area contributed by atoms with Gasteiger partial charge in [-0.2, -0.15) is 17.4 Å². The molecule has 0 bridgehead atoms. The van der Waals surface area contributed by atoms with Crippen LogP contribution in [-0.4, -0.2) is 46.9 Å². The molecule has 0 atom stereocenters. The van der Waals surface area contributed by atoms with E-state index in [9.17, 15) is 13.2 Å². The third-order valence-electron chi connectivity index (χ3n) is 3.41. The van der Waals surface area contributed by atoms with Crippen molar-refractivity contribution in [1.82, 2.24) is 19.0 Å². The minimum Gasteiger partial charge on any atom is -0.481 e. The van der Waals surface area contributed by atoms with E-state index >= 15 is 0 Å². The molecule has 1 aromatic rings. The van der Waals surface area contributed by atoms with E-state index in [-0.39, 0.29) is 19.6 Å². The number of hydrogen-bond donors (Lipinski definition) is 2. The topological polar surface area (TPSA) is 112 Å². The van der Waals surface area contributed by atoms with Crippen molar-refractivity contribution in [3.8, 4) is 0 Å². The third-order valence-corrected chi connectivity index (χ3v) is 4.97. The normalized spacial score (nSPS) is 17.8. The van der Waals surface area contributed by atoms with Gasteiger partial charge < -0.3 is 5.11 Å². The van der Waals surface area contributed by atoms with E-state index in [0.29, 0.717) is 24.4 Å². The van der Waals surface area contributed by atoms with Crippen LogP contribution in [0.4, 0.5) is 0 Å². The van der Waals surface area contributed by atoms with Gasteiger partial charge in [-0.15, -0.1) is 0 Å². The number of nitrogens with zero attached hydrogens (tertiary/aromatic N) is 3. The van der Waals surface area contributed by atoms with Crippen molar-refractivity contribution in [2.24, 2.45) is 5.92 Å². The number of aryl methyl sites for hydroxylation is 1. The van der Waals surface area contributed by atoms with E-state index in [1.165, 1.54) is 4.31 Å². The van der Waals surface area contributed by atoms with E-state index in [1.54, 1.807) is 19.2 Å². The Morgan fingerprint density at radius 3 is 2.71 bits per heavy atom. The zero-order valence-corrected chi connectivity index (χ0v) is 12.5. The van der Waals surface area contributed by atoms with Gasteiger partial charge in [0.05, 0.1) is 18.2 Å². The minimum atomic E-state index is -3.61. The number of hydrogen-bond acceptors (Lipinski definition) is 5. The fraction of sp³-hybridized carbons (Fsp3) is 0.583. The smallest absolute Gasteiger partial charge is 0.306 e. The molecule has 8 nitrogen and oxygen atoms in total. The summed E-state index contributed by atoms with van der Waals surface area (Å²) < 4.78 is 28.0. The zero-order valence-electron chi connectivity index (χ0n) is 11.7. The van der Waals surface area contributed by atoms with Crippen molar-refractivity contribution in [2.45, 2.75) is 26.3 Å². The minimum absolute atomic E-state index is 0.0878. The summed E-state index contributed by atoms with van der Waals surface area (Å²) in [6.45, 7) is 2.25. The molecule has 1 fully saturated rings. The predicted octanol–water partition coefficient (Wildman–Crippen LogP) is -0.0840. The molecule has 2 heterocycles. The lowest BCUT2D eigenvalue weighted by molar-refractivity contribution is -0.142. The number of carboxylic acids is 1. The summed E-state index contributed by atoms with van der Waals surface area (Å²) in [5.74, 6) is -0.744. The Morgan fingerprint density at radius 2 is 2.14 bits per heavy atom. The molecule has 21 heavy (non-hydrogen) atoms. The summed E-state index contributed by atoms with van der Waals surface area (Å²) in [5, 5.41) is 8.91. The fourth-order valence-corrected chi connectivity index (χ4v) is 3.41. The van der Waals surface area contributed by atoms with Gasteiger partial charge in [0.1, 0.15) is 5.82 Å². The second-order valence-corrected chi connectivity index (χ2v) is 6.69. The van der Waals surface area contributed by atoms with Crippen LogP contribution in [0, 0.1) is 12.8 Å². The Bertz CT molecular complexity index is 611. The van der Waals surface area contributed by atoms with Crippen LogP contribution in [0.5, 0.6) is 0 Å². The van der Waals surface area contributed by atoms with Crippen LogP contribution in [0.3, 0.4) is 0 Å². The number of rotatable bonds is 5. The molecule has 0 amide bonds. The van der Waals surface area contributed by atoms with Crippen LogP contribution >= 0.6 is 0 Å². The highest BCUT2D eigenvalue weighted by Gasteiger charge is 2.30. The van der Waals surface area contributed by atoms with E-state index in [4.69, 9.17) is 5.11 Å². The summed E-state index contributed by atoms with van der Waals surface area (Å²) in [5.41, 5.74) is 0.589. The van der Waals surface area contributed by atoms with Crippen LogP contribution in [0.1, 0.15) is 24.4 Å². The highest BCUT2D eigenvalue weighted by molar-refractivity contribution is 7.87. The lowest BCUT2D eigenvalue weighted by atomic mass is 9.99. The van der Waals surface area contributed by atoms with Gasteiger partial charge in [-0.3, -0.25) is 4.79 Å². The highest BCUT2D eigenvalue weighted by atomic mass is 32.2. The second-order valence-electron chi connectivity index (χ2n) is 4.93. The van der Waals surface area contributed by atoms with Crippen LogP contribution in [0.2, 0.25) is 0 Å². The van der Waals surface area contributed by atoms with Gasteiger partial charge in [0, 0.05) is 19.3 Å². The van der Waals surface area contributed by atoms with Gasteiger partial charge in [-0.1, -0.05) is 0 Å². The van der Waals surface area contributed by atoms with Crippen molar-refractivity contribution in [2.75, 3.05) is 13.1 Å². The average molecular weight is 314 g/mol. The molecule has 1 aliphatic heterocycles. The molecule has 0 saturated carbocycles. The van der Waals surface area contributed by atoms with Gasteiger partial charge in [-0.25, -0.2) is 9.97 Å². The average Bonchev–Trinajstić information content (AvgIpc) is 2.45. The number of carbonyl (C=O) groups is 1. The van der Waals surface area contributed by atoms with E-state index in [2.05, 4.69) is 14.7 Å². The molecule has 1 aromatic heterocycles. The summed E-state index contributed by atoms with van der Waals surface area (Å²) in [4.78, 5) is 18.9. The van der Waals surface area contributed by atoms with E-state index in [1.807, 2.05) is 0 Å². The van der Waals surface area contributed by atoms with Crippen LogP contribution in [0.25, 0.3) is 0 Å². The van der Waals surface area contributed by atoms with E-state index < -0.39 is 22.1 Å². The maximum atomic E-state index is 12.1. The standard InChI is InChI=1S/C12H18N4O4S/c1-9-13-5-2-11(15-9)8-14-21(19,20)16-6-3-10(4-7-16)12(17)18/h2,5,10,14H,3-4,6-8H2,1H3,(H,17,18). The Balaban J connectivity index is 1.92. The maximum absolute atomic E-state index is 12.1. The highest BCUT2D eigenvalue weighted by Crippen LogP contribution is 2.19. The summed E-state index contributed by atoms with van der Waals surface area (Å²) in [7, 11) is -3.61. The van der Waals surface area contributed by atoms with Gasteiger partial charge in [0.25, 0.3) is 10.2 Å². The predicted molar refractivity (Wildman–Crippen MR) is 74.5 cm³/mol. The number of piperidine rings is 1. The first kappa shape index (κ1) is 15.8. The molecule has 0 aliphatic carbocycles. The lowest BCUT2D eigenvalue weighted by Gasteiger charge is -2.29. The van der Waals surface area contributed by atoms with Crippen molar-refractivity contribution < 1.29 is 18.3 Å². The van der Waals surface area contributed by atoms with Gasteiger partial charge in [0.2, 0.25) is 0 Å². The van der Waals surface area contributed by atoms with Gasteiger partial charge in [-0.05, 0) is 25.8 Å². The molecule has 0 radical (unpaired) electrons. The molecular weight excluding hydrogens is 296 g/mol. The van der Waals surface area contributed by atoms with Crippen molar-refractivity contribution in [3.05, 3.63) is 23.8 Å². The number of aromatic nitrogens is 2. The number of nitrogens with one attached hydrogen (secondary N) is 1. The van der Waals surface area contributed by atoms with Crippen molar-refractivity contribution in [3.63, 3.8) is 0 Å². The first-order valence-electron chi connectivity index (χ1n) is 6.64. The summed E-state index contributed by atoms with van der Waals surface area (Å²) in [6, 6.07) is 1.65. The SMILES string of the molecule is Cc1nccc(CNS(=O)(=O)N2CCC(C(=O)O)CC2)n1. The molecule has 0 spiro atoms. The first-order chi connectivity index (χ1) is 9.88. The Kier molecular flexibility index (Phi) is 4.86. The molecule has 1 aliphatic rings. The van der Waals surface area contributed by atoms with Crippen LogP contribution in [0.15, 0.2) is 12.3 Å². The molecule has 0 unspecified atom stereocenters. The molecular formula is C12H18N4O4S. The summed E-state index contributed by atoms with van der Waals surface area (Å²) in [6.07, 6.45) is 2.25. The quantitative estimate of drug-likeness (QED) is 0.786. The lowest BCUT2D eigenvalue weighted by Crippen LogP contribution is -2.45. The monoisotopic (exact) mass is 314 g/mol. The molecule has 2 rings (SSSR count). The number of carboxylic acid groups (broad SMARTS) is 1. The Hall–Kier alpha value is -1.58. The Morgan fingerprint density at radius 1 is 1.48 bits per heavy atom. The third kappa shape index (κ3) is 4.19. The van der Waals surface area contributed by atoms with Crippen LogP contribution < -0.4 is 4.72 Å². The van der Waals surface area contributed by atoms with E-state index in [0.717, 1.165) is 0 Å². The molecule has 2 N–H and O–H groups in total. The first-order valence-corrected chi connectivity index (χ1v) is 8.08.